The molecule has 40 heavy (non-hydrogen) atoms. The number of nitrogens with zero attached hydrogens (tertiary/aromatic N) is 1. The molecule has 1 aliphatic rings. The van der Waals surface area contributed by atoms with Crippen LogP contribution >= 0.6 is 11.6 Å². The molecule has 1 amide bonds. The van der Waals surface area contributed by atoms with Crippen LogP contribution in [-0.2, 0) is 22.7 Å². The van der Waals surface area contributed by atoms with Gasteiger partial charge in [0.05, 0.1) is 33.3 Å². The number of hydrogen-bond acceptors (Lipinski definition) is 5. The van der Waals surface area contributed by atoms with Crippen LogP contribution in [0.3, 0.4) is 0 Å². The number of benzene rings is 4. The Labute approximate surface area is 232 Å². The molecule has 7 nitrogen and oxygen atoms in total. The Balaban J connectivity index is 1.52. The lowest BCUT2D eigenvalue weighted by Gasteiger charge is -2.26. The number of hydrogen-bond donors (Lipinski definition) is 1. The summed E-state index contributed by atoms with van der Waals surface area (Å²) in [6.07, 6.45) is -4.68. The number of alkyl halides is 3. The molecule has 0 saturated carbocycles. The Kier molecular flexibility index (Phi) is 7.35. The van der Waals surface area contributed by atoms with Crippen LogP contribution in [0.4, 0.5) is 24.5 Å². The van der Waals surface area contributed by atoms with E-state index in [0.717, 1.165) is 28.6 Å². The zero-order valence-corrected chi connectivity index (χ0v) is 22.1. The van der Waals surface area contributed by atoms with Crippen molar-refractivity contribution in [1.29, 1.82) is 0 Å². The molecule has 0 aromatic heterocycles. The van der Waals surface area contributed by atoms with Gasteiger partial charge in [0.15, 0.2) is 11.5 Å². The molecule has 0 atom stereocenters. The maximum Gasteiger partial charge on any atom is 0.416 e. The van der Waals surface area contributed by atoms with Crippen molar-refractivity contribution >= 4 is 38.9 Å². The van der Waals surface area contributed by atoms with E-state index in [9.17, 15) is 26.4 Å². The second kappa shape index (κ2) is 10.7. The van der Waals surface area contributed by atoms with Gasteiger partial charge >= 0.3 is 6.18 Å². The number of halogens is 4. The lowest BCUT2D eigenvalue weighted by molar-refractivity contribution is -0.137. The molecule has 1 heterocycles. The van der Waals surface area contributed by atoms with Crippen molar-refractivity contribution in [2.75, 3.05) is 16.4 Å². The average molecular weight is 589 g/mol. The van der Waals surface area contributed by atoms with Crippen LogP contribution in [0.15, 0.2) is 95.9 Å². The Hall–Kier alpha value is -4.22. The summed E-state index contributed by atoms with van der Waals surface area (Å²) in [4.78, 5) is 12.8. The van der Waals surface area contributed by atoms with Crippen molar-refractivity contribution in [2.24, 2.45) is 0 Å². The highest BCUT2D eigenvalue weighted by atomic mass is 35.5. The number of anilines is 2. The normalized spacial score (nSPS) is 12.7. The molecule has 4 aromatic carbocycles. The minimum atomic E-state index is -4.68. The lowest BCUT2D eigenvalue weighted by atomic mass is 10.2. The van der Waals surface area contributed by atoms with Crippen LogP contribution in [0.2, 0.25) is 5.02 Å². The van der Waals surface area contributed by atoms with Crippen LogP contribution in [0.5, 0.6) is 11.5 Å². The highest BCUT2D eigenvalue weighted by molar-refractivity contribution is 7.92. The number of carbonyl (C=O) groups excluding carboxylic acids is 1. The molecular weight excluding hydrogens is 569 g/mol. The molecule has 0 aliphatic carbocycles. The molecule has 0 unspecified atom stereocenters. The van der Waals surface area contributed by atoms with E-state index in [-0.39, 0.29) is 34.5 Å². The van der Waals surface area contributed by atoms with E-state index in [0.29, 0.717) is 22.7 Å². The predicted molar refractivity (Wildman–Crippen MR) is 143 cm³/mol. The van der Waals surface area contributed by atoms with Gasteiger partial charge in [-0.15, -0.1) is 0 Å². The van der Waals surface area contributed by atoms with Gasteiger partial charge in [-0.1, -0.05) is 48.0 Å². The van der Waals surface area contributed by atoms with Gasteiger partial charge in [-0.05, 0) is 54.1 Å². The number of amides is 1. The van der Waals surface area contributed by atoms with Gasteiger partial charge in [0.25, 0.3) is 15.9 Å². The zero-order valence-electron chi connectivity index (χ0n) is 20.5. The van der Waals surface area contributed by atoms with Crippen LogP contribution < -0.4 is 19.1 Å². The standard InChI is InChI=1S/C28H20ClF3N2O5S/c29-24-11-10-22(15-23(24)27(35)33-20-9-12-25-26(14-20)39-17-38-25)40(36,37)34(16-18-5-2-1-3-6-18)21-8-4-7-19(13-21)28(30,31)32/h1-15H,16-17H2,(H,33,35). The maximum atomic E-state index is 13.9. The minimum Gasteiger partial charge on any atom is -0.454 e. The molecule has 0 fully saturated rings. The van der Waals surface area contributed by atoms with Gasteiger partial charge in [0.2, 0.25) is 6.79 Å². The minimum absolute atomic E-state index is 0.0223. The summed E-state index contributed by atoms with van der Waals surface area (Å²) in [6.45, 7) is -0.213. The van der Waals surface area contributed by atoms with Gasteiger partial charge in [-0.3, -0.25) is 9.10 Å². The smallest absolute Gasteiger partial charge is 0.416 e. The van der Waals surface area contributed by atoms with Gasteiger partial charge in [-0.2, -0.15) is 13.2 Å². The second-order valence-electron chi connectivity index (χ2n) is 8.71. The van der Waals surface area contributed by atoms with E-state index in [2.05, 4.69) is 5.32 Å². The number of carbonyl (C=O) groups is 1. The number of fused-ring (bicyclic) bond motifs is 1. The Morgan fingerprint density at radius 1 is 0.900 bits per heavy atom. The molecule has 0 bridgehead atoms. The van der Waals surface area contributed by atoms with E-state index in [1.54, 1.807) is 48.5 Å². The van der Waals surface area contributed by atoms with Crippen molar-refractivity contribution in [1.82, 2.24) is 0 Å². The summed E-state index contributed by atoms with van der Waals surface area (Å²) < 4.78 is 79.7. The SMILES string of the molecule is O=C(Nc1ccc2c(c1)OCO2)c1cc(S(=O)(=O)N(Cc2ccccc2)c2cccc(C(F)(F)F)c2)ccc1Cl. The maximum absolute atomic E-state index is 13.9. The van der Waals surface area contributed by atoms with E-state index in [1.165, 1.54) is 18.2 Å². The first kappa shape index (κ1) is 27.4. The fourth-order valence-electron chi connectivity index (χ4n) is 4.04. The average Bonchev–Trinajstić information content (AvgIpc) is 3.40. The summed E-state index contributed by atoms with van der Waals surface area (Å²) in [5.74, 6) is 0.240. The van der Waals surface area contributed by atoms with Gasteiger partial charge in [0.1, 0.15) is 0 Å². The summed E-state index contributed by atoms with van der Waals surface area (Å²) in [7, 11) is -4.48. The third kappa shape index (κ3) is 5.70. The van der Waals surface area contributed by atoms with E-state index in [4.69, 9.17) is 21.1 Å². The van der Waals surface area contributed by atoms with Crippen molar-refractivity contribution in [3.8, 4) is 11.5 Å². The monoisotopic (exact) mass is 588 g/mol. The highest BCUT2D eigenvalue weighted by Crippen LogP contribution is 2.36. The first-order valence-corrected chi connectivity index (χ1v) is 13.6. The zero-order chi connectivity index (χ0) is 28.5. The molecule has 206 valence electrons. The van der Waals surface area contributed by atoms with E-state index in [1.807, 2.05) is 0 Å². The van der Waals surface area contributed by atoms with Crippen molar-refractivity contribution < 1.29 is 35.9 Å². The van der Waals surface area contributed by atoms with Gasteiger partial charge in [0, 0.05) is 11.8 Å². The highest BCUT2D eigenvalue weighted by Gasteiger charge is 2.33. The fraction of sp³-hybridized carbons (Fsp3) is 0.107. The summed E-state index contributed by atoms with van der Waals surface area (Å²) in [6, 6.07) is 20.7. The Morgan fingerprint density at radius 2 is 1.65 bits per heavy atom. The molecule has 0 spiro atoms. The van der Waals surface area contributed by atoms with Gasteiger partial charge in [-0.25, -0.2) is 8.42 Å². The topological polar surface area (TPSA) is 84.9 Å². The lowest BCUT2D eigenvalue weighted by Crippen LogP contribution is -2.31. The molecule has 5 rings (SSSR count). The first-order chi connectivity index (χ1) is 19.0. The van der Waals surface area contributed by atoms with Crippen LogP contribution in [0.1, 0.15) is 21.5 Å². The van der Waals surface area contributed by atoms with Crippen LogP contribution in [0, 0.1) is 0 Å². The first-order valence-electron chi connectivity index (χ1n) is 11.8. The molecule has 1 aliphatic heterocycles. The third-order valence-corrected chi connectivity index (χ3v) is 8.13. The third-order valence-electron chi connectivity index (χ3n) is 6.03. The predicted octanol–water partition coefficient (Wildman–Crippen LogP) is 6.74. The van der Waals surface area contributed by atoms with Crippen molar-refractivity contribution in [3.63, 3.8) is 0 Å². The quantitative estimate of drug-likeness (QED) is 0.259. The van der Waals surface area contributed by atoms with Gasteiger partial charge < -0.3 is 14.8 Å². The molecule has 0 saturated heterocycles. The summed E-state index contributed by atoms with van der Waals surface area (Å²) in [5, 5.41) is 2.62. The van der Waals surface area contributed by atoms with Crippen molar-refractivity contribution in [3.05, 3.63) is 113 Å². The number of rotatable bonds is 7. The fourth-order valence-corrected chi connectivity index (χ4v) is 5.72. The molecule has 0 radical (unpaired) electrons. The summed E-state index contributed by atoms with van der Waals surface area (Å²) >= 11 is 6.26. The Bertz CT molecular complexity index is 1680. The van der Waals surface area contributed by atoms with E-state index >= 15 is 0 Å². The Morgan fingerprint density at radius 3 is 2.40 bits per heavy atom. The number of ether oxygens (including phenoxy) is 2. The van der Waals surface area contributed by atoms with Crippen LogP contribution in [-0.4, -0.2) is 21.1 Å². The molecule has 4 aromatic rings. The molecular formula is C28H20ClF3N2O5S. The molecule has 12 heteroatoms. The summed E-state index contributed by atoms with van der Waals surface area (Å²) in [5.41, 5.74) is -0.450. The second-order valence-corrected chi connectivity index (χ2v) is 11.0. The molecule has 1 N–H and O–H groups in total. The van der Waals surface area contributed by atoms with Crippen LogP contribution in [0.25, 0.3) is 0 Å². The number of sulfonamides is 1. The largest absolute Gasteiger partial charge is 0.454 e. The number of nitrogens with one attached hydrogen (secondary N) is 1. The van der Waals surface area contributed by atoms with Crippen molar-refractivity contribution in [2.45, 2.75) is 17.6 Å². The van der Waals surface area contributed by atoms with E-state index < -0.39 is 27.7 Å².